The van der Waals surface area contributed by atoms with Crippen molar-refractivity contribution in [3.05, 3.63) is 11.6 Å². The molecule has 0 aromatic rings. The Kier molecular flexibility index (Phi) is 7.54. The number of nitrogens with zero attached hydrogens (tertiary/aromatic N) is 1. The fraction of sp³-hybridized carbons (Fsp3) is 0.867. The van der Waals surface area contributed by atoms with Gasteiger partial charge in [-0.1, -0.05) is 18.1 Å². The zero-order chi connectivity index (χ0) is 12.5. The highest BCUT2D eigenvalue weighted by Crippen LogP contribution is 2.21. The summed E-state index contributed by atoms with van der Waals surface area (Å²) in [5.41, 5.74) is 1.70. The summed E-state index contributed by atoms with van der Waals surface area (Å²) in [7, 11) is 2.09. The Balaban J connectivity index is 2.05. The molecule has 1 rings (SSSR count). The van der Waals surface area contributed by atoms with Gasteiger partial charge in [0.1, 0.15) is 0 Å². The third-order valence-electron chi connectivity index (χ3n) is 3.50. The lowest BCUT2D eigenvalue weighted by molar-refractivity contribution is 0.140. The first kappa shape index (κ1) is 14.7. The summed E-state index contributed by atoms with van der Waals surface area (Å²) < 4.78 is 0. The molecule has 0 aliphatic heterocycles. The fourth-order valence-electron chi connectivity index (χ4n) is 2.58. The smallest absolute Gasteiger partial charge is 0.0638 e. The number of aliphatic hydroxyl groups excluding tert-OH is 1. The summed E-state index contributed by atoms with van der Waals surface area (Å²) in [6.07, 6.45) is 13.0. The van der Waals surface area contributed by atoms with E-state index >= 15 is 0 Å². The lowest BCUT2D eigenvalue weighted by Gasteiger charge is -2.18. The van der Waals surface area contributed by atoms with Crippen molar-refractivity contribution in [3.8, 4) is 0 Å². The van der Waals surface area contributed by atoms with Crippen LogP contribution >= 0.6 is 0 Å². The van der Waals surface area contributed by atoms with Gasteiger partial charge < -0.3 is 10.0 Å². The number of unbranched alkanes of at least 4 members (excludes halogenated alkanes) is 1. The number of hydrogen-bond acceptors (Lipinski definition) is 2. The molecule has 0 bridgehead atoms. The van der Waals surface area contributed by atoms with Crippen LogP contribution in [0.25, 0.3) is 0 Å². The first-order valence-corrected chi connectivity index (χ1v) is 7.23. The van der Waals surface area contributed by atoms with Crippen LogP contribution in [0.4, 0.5) is 0 Å². The van der Waals surface area contributed by atoms with Crippen molar-refractivity contribution in [2.45, 2.75) is 64.4 Å². The average molecular weight is 239 g/mol. The molecule has 0 saturated heterocycles. The third kappa shape index (κ3) is 7.56. The van der Waals surface area contributed by atoms with Gasteiger partial charge in [-0.25, -0.2) is 0 Å². The van der Waals surface area contributed by atoms with Crippen molar-refractivity contribution in [3.63, 3.8) is 0 Å². The SMILES string of the molecule is CC(O)CN(C)CCCCC1=CCCCCC1. The lowest BCUT2D eigenvalue weighted by Crippen LogP contribution is -2.28. The molecule has 17 heavy (non-hydrogen) atoms. The fourth-order valence-corrected chi connectivity index (χ4v) is 2.58. The van der Waals surface area contributed by atoms with Gasteiger partial charge in [-0.05, 0) is 65.5 Å². The number of likely N-dealkylation sites (N-methyl/N-ethyl adjacent to an activating group) is 1. The van der Waals surface area contributed by atoms with Gasteiger partial charge in [0.15, 0.2) is 0 Å². The molecule has 0 aromatic heterocycles. The average Bonchev–Trinajstić information content (AvgIpc) is 2.52. The number of allylic oxidation sites excluding steroid dienone is 2. The molecule has 1 N–H and O–H groups in total. The van der Waals surface area contributed by atoms with Gasteiger partial charge in [0, 0.05) is 6.54 Å². The maximum absolute atomic E-state index is 9.26. The van der Waals surface area contributed by atoms with Crippen molar-refractivity contribution in [2.75, 3.05) is 20.1 Å². The monoisotopic (exact) mass is 239 g/mol. The Bertz CT molecular complexity index is 223. The van der Waals surface area contributed by atoms with E-state index in [0.29, 0.717) is 0 Å². The summed E-state index contributed by atoms with van der Waals surface area (Å²) in [6, 6.07) is 0. The summed E-state index contributed by atoms with van der Waals surface area (Å²) in [6.45, 7) is 3.76. The van der Waals surface area contributed by atoms with Crippen LogP contribution in [0.5, 0.6) is 0 Å². The number of hydrogen-bond donors (Lipinski definition) is 1. The van der Waals surface area contributed by atoms with Crippen molar-refractivity contribution in [1.82, 2.24) is 4.90 Å². The van der Waals surface area contributed by atoms with Crippen LogP contribution in [0.3, 0.4) is 0 Å². The van der Waals surface area contributed by atoms with Gasteiger partial charge >= 0.3 is 0 Å². The van der Waals surface area contributed by atoms with E-state index in [1.807, 2.05) is 6.92 Å². The number of rotatable bonds is 7. The summed E-state index contributed by atoms with van der Waals surface area (Å²) in [5, 5.41) is 9.26. The first-order chi connectivity index (χ1) is 8.18. The van der Waals surface area contributed by atoms with Crippen molar-refractivity contribution in [1.29, 1.82) is 0 Å². The van der Waals surface area contributed by atoms with E-state index in [1.54, 1.807) is 5.57 Å². The molecule has 0 amide bonds. The summed E-state index contributed by atoms with van der Waals surface area (Å²) in [4.78, 5) is 2.23. The van der Waals surface area contributed by atoms with Crippen LogP contribution in [0.15, 0.2) is 11.6 Å². The second-order valence-electron chi connectivity index (χ2n) is 5.53. The molecule has 1 atom stereocenters. The van der Waals surface area contributed by atoms with Gasteiger partial charge in [0.2, 0.25) is 0 Å². The molecule has 1 unspecified atom stereocenters. The topological polar surface area (TPSA) is 23.5 Å². The Morgan fingerprint density at radius 3 is 2.88 bits per heavy atom. The minimum absolute atomic E-state index is 0.204. The van der Waals surface area contributed by atoms with Crippen molar-refractivity contribution in [2.24, 2.45) is 0 Å². The Morgan fingerprint density at radius 2 is 2.12 bits per heavy atom. The Morgan fingerprint density at radius 1 is 1.29 bits per heavy atom. The predicted molar refractivity (Wildman–Crippen MR) is 74.2 cm³/mol. The second kappa shape index (κ2) is 8.71. The normalized spacial score (nSPS) is 18.9. The van der Waals surface area contributed by atoms with E-state index in [9.17, 15) is 5.11 Å². The second-order valence-corrected chi connectivity index (χ2v) is 5.53. The van der Waals surface area contributed by atoms with Crippen LogP contribution in [0, 0.1) is 0 Å². The minimum atomic E-state index is -0.204. The maximum Gasteiger partial charge on any atom is 0.0638 e. The molecule has 0 spiro atoms. The lowest BCUT2D eigenvalue weighted by atomic mass is 10.0. The predicted octanol–water partition coefficient (Wildman–Crippen LogP) is 3.36. The molecule has 2 heteroatoms. The molecule has 0 fully saturated rings. The van der Waals surface area contributed by atoms with Gasteiger partial charge in [-0.2, -0.15) is 0 Å². The zero-order valence-electron chi connectivity index (χ0n) is 11.6. The molecule has 1 aliphatic rings. The zero-order valence-corrected chi connectivity index (χ0v) is 11.6. The Hall–Kier alpha value is -0.340. The minimum Gasteiger partial charge on any atom is -0.392 e. The quantitative estimate of drug-likeness (QED) is 0.544. The van der Waals surface area contributed by atoms with Crippen molar-refractivity contribution < 1.29 is 5.11 Å². The first-order valence-electron chi connectivity index (χ1n) is 7.23. The Labute approximate surface area is 107 Å². The molecular formula is C15H29NO. The highest BCUT2D eigenvalue weighted by molar-refractivity contribution is 5.03. The van der Waals surface area contributed by atoms with Gasteiger partial charge in [-0.15, -0.1) is 0 Å². The van der Waals surface area contributed by atoms with Crippen LogP contribution < -0.4 is 0 Å². The van der Waals surface area contributed by atoms with Gasteiger partial charge in [0.05, 0.1) is 6.10 Å². The molecule has 0 heterocycles. The van der Waals surface area contributed by atoms with E-state index < -0.39 is 0 Å². The maximum atomic E-state index is 9.26. The van der Waals surface area contributed by atoms with Gasteiger partial charge in [0.25, 0.3) is 0 Å². The molecule has 0 aromatic carbocycles. The number of aliphatic hydroxyl groups is 1. The summed E-state index contributed by atoms with van der Waals surface area (Å²) in [5.74, 6) is 0. The van der Waals surface area contributed by atoms with E-state index in [4.69, 9.17) is 0 Å². The standard InChI is InChI=1S/C15H29NO/c1-14(17)13-16(2)12-8-7-11-15-9-5-3-4-6-10-15/h9,14,17H,3-8,10-13H2,1-2H3. The third-order valence-corrected chi connectivity index (χ3v) is 3.50. The van der Waals surface area contributed by atoms with E-state index in [-0.39, 0.29) is 6.10 Å². The molecule has 2 nitrogen and oxygen atoms in total. The molecule has 0 radical (unpaired) electrons. The largest absolute Gasteiger partial charge is 0.392 e. The van der Waals surface area contributed by atoms with Crippen LogP contribution in [-0.2, 0) is 0 Å². The van der Waals surface area contributed by atoms with Crippen LogP contribution in [0.1, 0.15) is 58.3 Å². The van der Waals surface area contributed by atoms with E-state index in [1.165, 1.54) is 51.4 Å². The van der Waals surface area contributed by atoms with E-state index in [2.05, 4.69) is 18.0 Å². The highest BCUT2D eigenvalue weighted by Gasteiger charge is 2.04. The molecule has 1 aliphatic carbocycles. The van der Waals surface area contributed by atoms with Crippen molar-refractivity contribution >= 4 is 0 Å². The highest BCUT2D eigenvalue weighted by atomic mass is 16.3. The molecule has 100 valence electrons. The van der Waals surface area contributed by atoms with E-state index in [0.717, 1.165) is 13.1 Å². The van der Waals surface area contributed by atoms with Crippen LogP contribution in [0.2, 0.25) is 0 Å². The summed E-state index contributed by atoms with van der Waals surface area (Å²) >= 11 is 0. The molecule has 0 saturated carbocycles. The molecular weight excluding hydrogens is 210 g/mol. The van der Waals surface area contributed by atoms with Crippen LogP contribution in [-0.4, -0.2) is 36.2 Å². The van der Waals surface area contributed by atoms with Gasteiger partial charge in [-0.3, -0.25) is 0 Å².